The van der Waals surface area contributed by atoms with E-state index in [1.54, 1.807) is 37.1 Å². The van der Waals surface area contributed by atoms with Gasteiger partial charge in [0.25, 0.3) is 0 Å². The highest BCUT2D eigenvalue weighted by Gasteiger charge is 2.44. The standard InChI is InChI=1S/C18H21NO3S2/c1-12(19-20)14-4-6-16(7-5-14)24-17-10-15(11-23-17)18(21-3)8-9-22-13(18)2/h4-7,10-11,13,20H,8-9H2,1-3H3/b19-12-/t13-,18-/m1/s1. The second kappa shape index (κ2) is 7.27. The van der Waals surface area contributed by atoms with E-state index in [4.69, 9.17) is 14.7 Å². The maximum atomic E-state index is 8.83. The summed E-state index contributed by atoms with van der Waals surface area (Å²) >= 11 is 3.45. The first-order valence-corrected chi connectivity index (χ1v) is 9.51. The van der Waals surface area contributed by atoms with Gasteiger partial charge in [-0.1, -0.05) is 29.1 Å². The monoisotopic (exact) mass is 363 g/mol. The van der Waals surface area contributed by atoms with Crippen LogP contribution in [0.15, 0.2) is 50.0 Å². The Kier molecular flexibility index (Phi) is 5.30. The molecule has 0 unspecified atom stereocenters. The van der Waals surface area contributed by atoms with Crippen LogP contribution in [-0.4, -0.2) is 30.7 Å². The number of benzene rings is 1. The van der Waals surface area contributed by atoms with E-state index < -0.39 is 0 Å². The summed E-state index contributed by atoms with van der Waals surface area (Å²) in [5.41, 5.74) is 2.40. The van der Waals surface area contributed by atoms with Crippen molar-refractivity contribution >= 4 is 28.8 Å². The summed E-state index contributed by atoms with van der Waals surface area (Å²) in [4.78, 5) is 1.15. The topological polar surface area (TPSA) is 51.0 Å². The largest absolute Gasteiger partial charge is 0.411 e. The van der Waals surface area contributed by atoms with Crippen LogP contribution >= 0.6 is 23.1 Å². The summed E-state index contributed by atoms with van der Waals surface area (Å²) < 4.78 is 12.8. The molecule has 1 aliphatic rings. The predicted octanol–water partition coefficient (Wildman–Crippen LogP) is 4.75. The molecule has 0 bridgehead atoms. The van der Waals surface area contributed by atoms with Crippen molar-refractivity contribution in [3.8, 4) is 0 Å². The molecule has 1 aromatic carbocycles. The van der Waals surface area contributed by atoms with Crippen LogP contribution in [0.25, 0.3) is 0 Å². The smallest absolute Gasteiger partial charge is 0.121 e. The fraction of sp³-hybridized carbons (Fsp3) is 0.389. The fourth-order valence-corrected chi connectivity index (χ4v) is 5.04. The molecule has 4 nitrogen and oxygen atoms in total. The molecule has 1 aromatic heterocycles. The highest BCUT2D eigenvalue weighted by atomic mass is 32.2. The van der Waals surface area contributed by atoms with E-state index in [1.807, 2.05) is 24.3 Å². The summed E-state index contributed by atoms with van der Waals surface area (Å²) in [5, 5.41) is 14.2. The maximum Gasteiger partial charge on any atom is 0.121 e. The predicted molar refractivity (Wildman–Crippen MR) is 97.6 cm³/mol. The lowest BCUT2D eigenvalue weighted by Crippen LogP contribution is -2.35. The zero-order chi connectivity index (χ0) is 17.2. The first-order chi connectivity index (χ1) is 11.6. The van der Waals surface area contributed by atoms with Crippen LogP contribution in [0.1, 0.15) is 31.4 Å². The molecule has 2 heterocycles. The number of methoxy groups -OCH3 is 1. The third kappa shape index (κ3) is 3.24. The molecule has 1 fully saturated rings. The number of oxime groups is 1. The van der Waals surface area contributed by atoms with Crippen molar-refractivity contribution in [2.75, 3.05) is 13.7 Å². The highest BCUT2D eigenvalue weighted by molar-refractivity contribution is 8.01. The zero-order valence-corrected chi connectivity index (χ0v) is 15.6. The van der Waals surface area contributed by atoms with Gasteiger partial charge in [0.15, 0.2) is 0 Å². The second-order valence-corrected chi connectivity index (χ2v) is 8.11. The lowest BCUT2D eigenvalue weighted by Gasteiger charge is -2.30. The Morgan fingerprint density at radius 3 is 2.75 bits per heavy atom. The normalized spacial score (nSPS) is 24.5. The zero-order valence-electron chi connectivity index (χ0n) is 14.0. The van der Waals surface area contributed by atoms with Crippen molar-refractivity contribution in [1.29, 1.82) is 0 Å². The van der Waals surface area contributed by atoms with E-state index >= 15 is 0 Å². The number of rotatable bonds is 5. The van der Waals surface area contributed by atoms with Crippen molar-refractivity contribution in [2.24, 2.45) is 5.16 Å². The van der Waals surface area contributed by atoms with Gasteiger partial charge in [0.05, 0.1) is 22.6 Å². The molecule has 128 valence electrons. The summed E-state index contributed by atoms with van der Waals surface area (Å²) in [7, 11) is 1.76. The van der Waals surface area contributed by atoms with Crippen molar-refractivity contribution < 1.29 is 14.7 Å². The van der Waals surface area contributed by atoms with Gasteiger partial charge in [0.1, 0.15) is 5.60 Å². The molecule has 0 amide bonds. The van der Waals surface area contributed by atoms with Gasteiger partial charge in [0, 0.05) is 18.4 Å². The number of ether oxygens (including phenoxy) is 2. The molecule has 1 N–H and O–H groups in total. The number of thiophene rings is 1. The Morgan fingerprint density at radius 1 is 1.42 bits per heavy atom. The molecule has 2 aromatic rings. The molecule has 1 saturated heterocycles. The summed E-state index contributed by atoms with van der Waals surface area (Å²) in [5.74, 6) is 0. The van der Waals surface area contributed by atoms with Crippen LogP contribution < -0.4 is 0 Å². The van der Waals surface area contributed by atoms with Crippen LogP contribution in [0.4, 0.5) is 0 Å². The molecule has 6 heteroatoms. The van der Waals surface area contributed by atoms with Gasteiger partial charge in [-0.2, -0.15) is 0 Å². The van der Waals surface area contributed by atoms with Crippen LogP contribution in [0.5, 0.6) is 0 Å². The molecule has 0 saturated carbocycles. The van der Waals surface area contributed by atoms with E-state index in [1.165, 1.54) is 9.77 Å². The fourth-order valence-electron chi connectivity index (χ4n) is 3.02. The van der Waals surface area contributed by atoms with E-state index in [2.05, 4.69) is 23.5 Å². The number of hydrogen-bond donors (Lipinski definition) is 1. The number of hydrogen-bond acceptors (Lipinski definition) is 6. The molecule has 0 spiro atoms. The average molecular weight is 364 g/mol. The molecule has 0 aliphatic carbocycles. The van der Waals surface area contributed by atoms with Gasteiger partial charge in [-0.25, -0.2) is 0 Å². The molecular weight excluding hydrogens is 342 g/mol. The minimum atomic E-state index is -0.326. The van der Waals surface area contributed by atoms with Crippen molar-refractivity contribution in [1.82, 2.24) is 0 Å². The molecular formula is C18H21NO3S2. The third-order valence-electron chi connectivity index (χ3n) is 4.57. The first kappa shape index (κ1) is 17.5. The van der Waals surface area contributed by atoms with Gasteiger partial charge in [-0.05, 0) is 48.6 Å². The minimum absolute atomic E-state index is 0.0648. The Hall–Kier alpha value is -1.34. The van der Waals surface area contributed by atoms with Gasteiger partial charge in [0.2, 0.25) is 0 Å². The Bertz CT molecular complexity index is 726. The highest BCUT2D eigenvalue weighted by Crippen LogP contribution is 2.43. The summed E-state index contributed by atoms with van der Waals surface area (Å²) in [6.45, 7) is 4.59. The van der Waals surface area contributed by atoms with Crippen LogP contribution in [0.2, 0.25) is 0 Å². The first-order valence-electron chi connectivity index (χ1n) is 7.82. The lowest BCUT2D eigenvalue weighted by molar-refractivity contribution is -0.0645. The SMILES string of the molecule is CO[C@]1(c2csc(Sc3ccc(/C(C)=N\O)cc3)c2)CCO[C@@H]1C. The van der Waals surface area contributed by atoms with E-state index in [9.17, 15) is 0 Å². The van der Waals surface area contributed by atoms with E-state index in [0.29, 0.717) is 5.71 Å². The molecule has 3 rings (SSSR count). The van der Waals surface area contributed by atoms with Crippen molar-refractivity contribution in [3.05, 3.63) is 46.8 Å². The van der Waals surface area contributed by atoms with E-state index in [-0.39, 0.29) is 11.7 Å². The van der Waals surface area contributed by atoms with E-state index in [0.717, 1.165) is 23.5 Å². The maximum absolute atomic E-state index is 8.83. The van der Waals surface area contributed by atoms with Crippen LogP contribution in [0, 0.1) is 0 Å². The minimum Gasteiger partial charge on any atom is -0.411 e. The van der Waals surface area contributed by atoms with Crippen molar-refractivity contribution in [3.63, 3.8) is 0 Å². The Balaban J connectivity index is 1.77. The van der Waals surface area contributed by atoms with Crippen LogP contribution in [0.3, 0.4) is 0 Å². The lowest BCUT2D eigenvalue weighted by atomic mass is 9.90. The third-order valence-corrected chi connectivity index (χ3v) is 6.65. The number of nitrogens with zero attached hydrogens (tertiary/aromatic N) is 1. The molecule has 1 aliphatic heterocycles. The van der Waals surface area contributed by atoms with Crippen LogP contribution in [-0.2, 0) is 15.1 Å². The Labute approximate surface area is 150 Å². The molecule has 2 atom stereocenters. The summed E-state index contributed by atoms with van der Waals surface area (Å²) in [6, 6.07) is 10.2. The molecule has 0 radical (unpaired) electrons. The summed E-state index contributed by atoms with van der Waals surface area (Å²) in [6.07, 6.45) is 0.954. The van der Waals surface area contributed by atoms with Gasteiger partial charge < -0.3 is 14.7 Å². The van der Waals surface area contributed by atoms with Gasteiger partial charge in [-0.3, -0.25) is 0 Å². The van der Waals surface area contributed by atoms with Crippen molar-refractivity contribution in [2.45, 2.75) is 41.1 Å². The quantitative estimate of drug-likeness (QED) is 0.473. The average Bonchev–Trinajstić information content (AvgIpc) is 3.22. The molecule has 24 heavy (non-hydrogen) atoms. The van der Waals surface area contributed by atoms with Gasteiger partial charge >= 0.3 is 0 Å². The van der Waals surface area contributed by atoms with Gasteiger partial charge in [-0.15, -0.1) is 11.3 Å². The second-order valence-electron chi connectivity index (χ2n) is 5.82. The Morgan fingerprint density at radius 2 is 2.17 bits per heavy atom.